The van der Waals surface area contributed by atoms with Crippen LogP contribution in [0.25, 0.3) is 11.2 Å². The Labute approximate surface area is 197 Å². The standard InChI is InChI=1S/C16H24IN7O7S/c1-3-6(2)8(18)14(27)23-32(28,29)30-4-7-10(25)11(26)15(31-7)24-5-20-9-12(19)21-16(17)22-13(9)24/h5-8,10-11,15,25-26H,3-4,18H2,1-2H3,(H,23,27)(H2,19,21,22)/t6-,7+,8-,10+,11+,15?/m0/s1. The van der Waals surface area contributed by atoms with Gasteiger partial charge in [-0.05, 0) is 5.92 Å². The van der Waals surface area contributed by atoms with Crippen molar-refractivity contribution in [1.82, 2.24) is 24.2 Å². The number of nitrogens with two attached hydrogens (primary N) is 2. The van der Waals surface area contributed by atoms with E-state index in [4.69, 9.17) is 20.4 Å². The van der Waals surface area contributed by atoms with Gasteiger partial charge in [0.1, 0.15) is 23.8 Å². The van der Waals surface area contributed by atoms with Crippen molar-refractivity contribution in [3.63, 3.8) is 0 Å². The molecular weight excluding hydrogens is 561 g/mol. The summed E-state index contributed by atoms with van der Waals surface area (Å²) in [6.07, 6.45) is -3.45. The van der Waals surface area contributed by atoms with Crippen LogP contribution in [0.4, 0.5) is 5.82 Å². The molecule has 1 saturated heterocycles. The molecule has 14 nitrogen and oxygen atoms in total. The topological polar surface area (TPSA) is 218 Å². The summed E-state index contributed by atoms with van der Waals surface area (Å²) < 4.78 is 38.0. The van der Waals surface area contributed by atoms with Crippen LogP contribution in [0.2, 0.25) is 0 Å². The van der Waals surface area contributed by atoms with Gasteiger partial charge >= 0.3 is 10.3 Å². The number of anilines is 1. The van der Waals surface area contributed by atoms with Crippen LogP contribution >= 0.6 is 22.6 Å². The Morgan fingerprint density at radius 1 is 1.41 bits per heavy atom. The van der Waals surface area contributed by atoms with Gasteiger partial charge in [0, 0.05) is 22.6 Å². The quantitative estimate of drug-likeness (QED) is 0.175. The number of fused-ring (bicyclic) bond motifs is 1. The Morgan fingerprint density at radius 3 is 2.75 bits per heavy atom. The molecule has 1 amide bonds. The highest BCUT2D eigenvalue weighted by Crippen LogP contribution is 2.32. The molecule has 0 radical (unpaired) electrons. The number of nitrogens with one attached hydrogen (secondary N) is 1. The molecule has 1 aliphatic heterocycles. The number of rotatable bonds is 8. The Kier molecular flexibility index (Phi) is 7.52. The number of nitrogens with zero attached hydrogens (tertiary/aromatic N) is 4. The van der Waals surface area contributed by atoms with Crippen molar-refractivity contribution in [2.45, 2.75) is 50.8 Å². The van der Waals surface area contributed by atoms with Gasteiger partial charge in [0.05, 0.1) is 19.0 Å². The number of amides is 1. The average Bonchev–Trinajstić information content (AvgIpc) is 3.26. The number of carbonyl (C=O) groups excluding carboxylic acids is 1. The first-order valence-corrected chi connectivity index (χ1v) is 12.1. The van der Waals surface area contributed by atoms with Gasteiger partial charge in [0.25, 0.3) is 5.91 Å². The summed E-state index contributed by atoms with van der Waals surface area (Å²) in [7, 11) is -4.52. The van der Waals surface area contributed by atoms with Crippen molar-refractivity contribution in [3.05, 3.63) is 10.2 Å². The number of hydrogen-bond acceptors (Lipinski definition) is 12. The second kappa shape index (κ2) is 9.65. The summed E-state index contributed by atoms with van der Waals surface area (Å²) in [4.78, 5) is 24.3. The van der Waals surface area contributed by atoms with Crippen molar-refractivity contribution in [2.24, 2.45) is 11.7 Å². The van der Waals surface area contributed by atoms with Crippen LogP contribution < -0.4 is 16.2 Å². The molecule has 2 aromatic rings. The third-order valence-electron chi connectivity index (χ3n) is 5.21. The van der Waals surface area contributed by atoms with E-state index in [2.05, 4.69) is 15.0 Å². The highest BCUT2D eigenvalue weighted by molar-refractivity contribution is 14.1. The second-order valence-electron chi connectivity index (χ2n) is 7.36. The molecule has 0 bridgehead atoms. The minimum absolute atomic E-state index is 0.128. The third-order valence-corrected chi connectivity index (χ3v) is 6.59. The van der Waals surface area contributed by atoms with Crippen LogP contribution in [0.1, 0.15) is 26.5 Å². The maximum Gasteiger partial charge on any atom is 0.362 e. The Morgan fingerprint density at radius 2 is 2.09 bits per heavy atom. The minimum Gasteiger partial charge on any atom is -0.387 e. The SMILES string of the molecule is CC[C@H](C)[C@H](N)C(=O)NS(=O)(=O)OC[C@H]1OC(n2cnc3c(N)nc(I)nc32)[C@H](O)[C@@H]1O. The fourth-order valence-corrected chi connectivity index (χ4v) is 4.33. The molecule has 1 unspecified atom stereocenters. The highest BCUT2D eigenvalue weighted by Gasteiger charge is 2.45. The Hall–Kier alpha value is -1.70. The normalized spacial score (nSPS) is 25.7. The van der Waals surface area contributed by atoms with Crippen LogP contribution in [0.5, 0.6) is 0 Å². The molecular formula is C16H24IN7O7S. The molecule has 178 valence electrons. The van der Waals surface area contributed by atoms with E-state index in [0.717, 1.165) is 0 Å². The zero-order valence-corrected chi connectivity index (χ0v) is 20.1. The lowest BCUT2D eigenvalue weighted by atomic mass is 10.00. The molecule has 16 heteroatoms. The van der Waals surface area contributed by atoms with E-state index in [1.807, 2.05) is 29.5 Å². The molecule has 2 aromatic heterocycles. The van der Waals surface area contributed by atoms with E-state index in [9.17, 15) is 23.4 Å². The van der Waals surface area contributed by atoms with E-state index < -0.39 is 53.4 Å². The van der Waals surface area contributed by atoms with Gasteiger partial charge in [-0.2, -0.15) is 8.42 Å². The van der Waals surface area contributed by atoms with E-state index >= 15 is 0 Å². The van der Waals surface area contributed by atoms with Crippen LogP contribution in [0.15, 0.2) is 6.33 Å². The first-order chi connectivity index (χ1) is 14.9. The lowest BCUT2D eigenvalue weighted by Crippen LogP contribution is -2.47. The number of imidazole rings is 1. The molecule has 3 rings (SSSR count). The number of aliphatic hydroxyl groups is 2. The molecule has 0 aromatic carbocycles. The van der Waals surface area contributed by atoms with Crippen LogP contribution in [0, 0.1) is 9.75 Å². The molecule has 7 N–H and O–H groups in total. The van der Waals surface area contributed by atoms with Crippen molar-refractivity contribution in [1.29, 1.82) is 0 Å². The third kappa shape index (κ3) is 5.10. The molecule has 0 aliphatic carbocycles. The summed E-state index contributed by atoms with van der Waals surface area (Å²) in [6.45, 7) is 2.85. The lowest BCUT2D eigenvalue weighted by Gasteiger charge is -2.18. The summed E-state index contributed by atoms with van der Waals surface area (Å²) in [5.74, 6) is -1.03. The molecule has 0 saturated carbocycles. The Bertz CT molecular complexity index is 1100. The van der Waals surface area contributed by atoms with Crippen LogP contribution in [-0.2, 0) is 24.0 Å². The first kappa shape index (κ1) is 24.9. The van der Waals surface area contributed by atoms with Gasteiger partial charge in [-0.25, -0.2) is 19.7 Å². The van der Waals surface area contributed by atoms with Crippen LogP contribution in [0.3, 0.4) is 0 Å². The molecule has 3 heterocycles. The number of carbonyl (C=O) groups is 1. The zero-order valence-electron chi connectivity index (χ0n) is 17.1. The maximum absolute atomic E-state index is 12.1. The van der Waals surface area contributed by atoms with Gasteiger partial charge in [0.2, 0.25) is 0 Å². The smallest absolute Gasteiger partial charge is 0.362 e. The van der Waals surface area contributed by atoms with Crippen molar-refractivity contribution in [2.75, 3.05) is 12.3 Å². The van der Waals surface area contributed by atoms with Gasteiger partial charge in [-0.1, -0.05) is 20.3 Å². The summed E-state index contributed by atoms with van der Waals surface area (Å²) >= 11 is 1.86. The van der Waals surface area contributed by atoms with E-state index in [-0.39, 0.29) is 22.9 Å². The molecule has 0 spiro atoms. The number of halogens is 1. The summed E-state index contributed by atoms with van der Waals surface area (Å²) in [6, 6.07) is -1.04. The van der Waals surface area contributed by atoms with E-state index in [1.165, 1.54) is 10.9 Å². The number of hydrogen-bond donors (Lipinski definition) is 5. The minimum atomic E-state index is -4.52. The second-order valence-corrected chi connectivity index (χ2v) is 9.68. The highest BCUT2D eigenvalue weighted by atomic mass is 127. The number of aliphatic hydroxyl groups excluding tert-OH is 2. The lowest BCUT2D eigenvalue weighted by molar-refractivity contribution is -0.121. The summed E-state index contributed by atoms with van der Waals surface area (Å²) in [5.41, 5.74) is 12.1. The predicted molar refractivity (Wildman–Crippen MR) is 119 cm³/mol. The van der Waals surface area contributed by atoms with E-state index in [0.29, 0.717) is 10.3 Å². The molecule has 1 fully saturated rings. The molecule has 1 aliphatic rings. The average molecular weight is 585 g/mol. The maximum atomic E-state index is 12.1. The van der Waals surface area contributed by atoms with Crippen LogP contribution in [-0.4, -0.2) is 75.0 Å². The van der Waals surface area contributed by atoms with Gasteiger partial charge in [0.15, 0.2) is 21.5 Å². The fourth-order valence-electron chi connectivity index (χ4n) is 3.08. The molecule has 32 heavy (non-hydrogen) atoms. The van der Waals surface area contributed by atoms with Crippen molar-refractivity contribution >= 4 is 55.8 Å². The monoisotopic (exact) mass is 585 g/mol. The van der Waals surface area contributed by atoms with Gasteiger partial charge in [-0.3, -0.25) is 13.5 Å². The molecule has 6 atom stereocenters. The van der Waals surface area contributed by atoms with Gasteiger partial charge in [-0.15, -0.1) is 0 Å². The first-order valence-electron chi connectivity index (χ1n) is 9.58. The number of ether oxygens (including phenoxy) is 1. The Balaban J connectivity index is 1.69. The summed E-state index contributed by atoms with van der Waals surface area (Å²) in [5, 5.41) is 20.8. The zero-order chi connectivity index (χ0) is 23.8. The van der Waals surface area contributed by atoms with Gasteiger partial charge < -0.3 is 26.4 Å². The largest absolute Gasteiger partial charge is 0.387 e. The van der Waals surface area contributed by atoms with E-state index in [1.54, 1.807) is 11.6 Å². The number of aromatic nitrogens is 4. The number of nitrogen functional groups attached to an aromatic ring is 1. The fraction of sp³-hybridized carbons (Fsp3) is 0.625. The van der Waals surface area contributed by atoms with Crippen molar-refractivity contribution in [3.8, 4) is 0 Å². The van der Waals surface area contributed by atoms with Crippen molar-refractivity contribution < 1.29 is 32.3 Å². The predicted octanol–water partition coefficient (Wildman–Crippen LogP) is -1.62.